The molecule has 0 spiro atoms. The summed E-state index contributed by atoms with van der Waals surface area (Å²) < 4.78 is 26.0. The lowest BCUT2D eigenvalue weighted by atomic mass is 9.89. The van der Waals surface area contributed by atoms with Gasteiger partial charge >= 0.3 is 0 Å². The maximum absolute atomic E-state index is 11.7. The number of nitrogens with two attached hydrogens (primary N) is 1. The quantitative estimate of drug-likeness (QED) is 0.666. The molecular formula is C11H24N2O2S. The van der Waals surface area contributed by atoms with Gasteiger partial charge in [0, 0.05) is 6.54 Å². The molecular weight excluding hydrogens is 224 g/mol. The Kier molecular flexibility index (Phi) is 5.21. The maximum atomic E-state index is 11.7. The Morgan fingerprint density at radius 1 is 1.25 bits per heavy atom. The molecule has 0 radical (unpaired) electrons. The van der Waals surface area contributed by atoms with Gasteiger partial charge in [-0.25, -0.2) is 13.1 Å². The van der Waals surface area contributed by atoms with Crippen molar-refractivity contribution < 1.29 is 8.42 Å². The molecule has 1 aliphatic carbocycles. The Morgan fingerprint density at radius 2 is 1.88 bits per heavy atom. The molecule has 1 aliphatic rings. The molecule has 0 unspecified atom stereocenters. The zero-order valence-electron chi connectivity index (χ0n) is 10.2. The lowest BCUT2D eigenvalue weighted by Crippen LogP contribution is -2.35. The van der Waals surface area contributed by atoms with Crippen molar-refractivity contribution in [2.45, 2.75) is 45.4 Å². The standard InChI is InChI=1S/C11H24N2O2S/c1-11(6-2-3-7-11)10-13-16(14,15)9-5-4-8-12/h13H,2-10,12H2,1H3. The summed E-state index contributed by atoms with van der Waals surface area (Å²) in [5.74, 6) is 0.209. The first kappa shape index (κ1) is 13.9. The van der Waals surface area contributed by atoms with Gasteiger partial charge < -0.3 is 5.73 Å². The second kappa shape index (κ2) is 5.98. The summed E-state index contributed by atoms with van der Waals surface area (Å²) in [6, 6.07) is 0. The number of rotatable bonds is 7. The van der Waals surface area contributed by atoms with Crippen LogP contribution in [0.1, 0.15) is 45.4 Å². The highest BCUT2D eigenvalue weighted by Gasteiger charge is 2.29. The molecule has 4 nitrogen and oxygen atoms in total. The Balaban J connectivity index is 2.30. The van der Waals surface area contributed by atoms with E-state index in [-0.39, 0.29) is 11.2 Å². The molecule has 0 aromatic carbocycles. The Hall–Kier alpha value is -0.130. The normalized spacial score (nSPS) is 20.1. The minimum atomic E-state index is -3.08. The molecule has 96 valence electrons. The van der Waals surface area contributed by atoms with Crippen molar-refractivity contribution in [3.8, 4) is 0 Å². The Bertz CT molecular complexity index is 295. The van der Waals surface area contributed by atoms with Gasteiger partial charge in [-0.3, -0.25) is 0 Å². The third-order valence-corrected chi connectivity index (χ3v) is 4.81. The highest BCUT2D eigenvalue weighted by Crippen LogP contribution is 2.36. The van der Waals surface area contributed by atoms with E-state index in [1.165, 1.54) is 12.8 Å². The van der Waals surface area contributed by atoms with Gasteiger partial charge in [-0.1, -0.05) is 19.8 Å². The fourth-order valence-corrected chi connectivity index (χ4v) is 3.49. The van der Waals surface area contributed by atoms with Crippen LogP contribution in [0.5, 0.6) is 0 Å². The van der Waals surface area contributed by atoms with E-state index in [2.05, 4.69) is 11.6 Å². The van der Waals surface area contributed by atoms with E-state index in [1.54, 1.807) is 0 Å². The lowest BCUT2D eigenvalue weighted by molar-refractivity contribution is 0.336. The van der Waals surface area contributed by atoms with Gasteiger partial charge in [0.25, 0.3) is 0 Å². The van der Waals surface area contributed by atoms with Gasteiger partial charge in [-0.15, -0.1) is 0 Å². The van der Waals surface area contributed by atoms with Crippen molar-refractivity contribution in [3.63, 3.8) is 0 Å². The van der Waals surface area contributed by atoms with Crippen molar-refractivity contribution in [3.05, 3.63) is 0 Å². The van der Waals surface area contributed by atoms with E-state index in [1.807, 2.05) is 0 Å². The molecule has 1 fully saturated rings. The minimum absolute atomic E-state index is 0.181. The first-order valence-electron chi connectivity index (χ1n) is 6.15. The van der Waals surface area contributed by atoms with Gasteiger partial charge in [-0.05, 0) is 37.6 Å². The van der Waals surface area contributed by atoms with Crippen LogP contribution in [0.15, 0.2) is 0 Å². The van der Waals surface area contributed by atoms with Crippen LogP contribution in [0.25, 0.3) is 0 Å². The van der Waals surface area contributed by atoms with Crippen molar-refractivity contribution in [1.29, 1.82) is 0 Å². The number of hydrogen-bond donors (Lipinski definition) is 2. The van der Waals surface area contributed by atoms with Gasteiger partial charge in [-0.2, -0.15) is 0 Å². The first-order valence-corrected chi connectivity index (χ1v) is 7.80. The van der Waals surface area contributed by atoms with Crippen LogP contribution in [-0.4, -0.2) is 27.3 Å². The average molecular weight is 248 g/mol. The van der Waals surface area contributed by atoms with Crippen molar-refractivity contribution in [2.24, 2.45) is 11.1 Å². The van der Waals surface area contributed by atoms with E-state index >= 15 is 0 Å². The first-order chi connectivity index (χ1) is 7.47. The predicted molar refractivity (Wildman–Crippen MR) is 66.7 cm³/mol. The van der Waals surface area contributed by atoms with Crippen molar-refractivity contribution >= 4 is 10.0 Å². The number of sulfonamides is 1. The van der Waals surface area contributed by atoms with Gasteiger partial charge in [0.05, 0.1) is 5.75 Å². The lowest BCUT2D eigenvalue weighted by Gasteiger charge is -2.23. The van der Waals surface area contributed by atoms with Crippen LogP contribution in [0.3, 0.4) is 0 Å². The van der Waals surface area contributed by atoms with Crippen LogP contribution in [0, 0.1) is 5.41 Å². The largest absolute Gasteiger partial charge is 0.330 e. The summed E-state index contributed by atoms with van der Waals surface area (Å²) in [7, 11) is -3.08. The molecule has 0 amide bonds. The molecule has 0 bridgehead atoms. The third-order valence-electron chi connectivity index (χ3n) is 3.40. The van der Waals surface area contributed by atoms with Crippen LogP contribution >= 0.6 is 0 Å². The topological polar surface area (TPSA) is 72.2 Å². The molecule has 0 aromatic rings. The smallest absolute Gasteiger partial charge is 0.211 e. The summed E-state index contributed by atoms with van der Waals surface area (Å²) >= 11 is 0. The van der Waals surface area contributed by atoms with Gasteiger partial charge in [0.1, 0.15) is 0 Å². The molecule has 1 saturated carbocycles. The summed E-state index contributed by atoms with van der Waals surface area (Å²) in [4.78, 5) is 0. The highest BCUT2D eigenvalue weighted by atomic mass is 32.2. The number of nitrogens with one attached hydrogen (secondary N) is 1. The fourth-order valence-electron chi connectivity index (χ4n) is 2.20. The fraction of sp³-hybridized carbons (Fsp3) is 1.00. The van der Waals surface area contributed by atoms with E-state index in [9.17, 15) is 8.42 Å². The van der Waals surface area contributed by atoms with E-state index in [0.29, 0.717) is 19.5 Å². The van der Waals surface area contributed by atoms with Crippen LogP contribution in [-0.2, 0) is 10.0 Å². The SMILES string of the molecule is CC1(CNS(=O)(=O)CCCCN)CCCC1. The zero-order chi connectivity index (χ0) is 12.1. The van der Waals surface area contributed by atoms with Crippen molar-refractivity contribution in [1.82, 2.24) is 4.72 Å². The second-order valence-corrected chi connectivity index (χ2v) is 7.08. The summed E-state index contributed by atoms with van der Waals surface area (Å²) in [5.41, 5.74) is 5.52. The second-order valence-electron chi connectivity index (χ2n) is 5.15. The molecule has 0 heterocycles. The van der Waals surface area contributed by atoms with E-state index in [4.69, 9.17) is 5.73 Å². The molecule has 3 N–H and O–H groups in total. The Labute approximate surface area is 99.0 Å². The minimum Gasteiger partial charge on any atom is -0.330 e. The number of unbranched alkanes of at least 4 members (excludes halogenated alkanes) is 1. The maximum Gasteiger partial charge on any atom is 0.211 e. The highest BCUT2D eigenvalue weighted by molar-refractivity contribution is 7.89. The van der Waals surface area contributed by atoms with Crippen molar-refractivity contribution in [2.75, 3.05) is 18.8 Å². The Morgan fingerprint density at radius 3 is 2.44 bits per heavy atom. The van der Waals surface area contributed by atoms with Crippen LogP contribution in [0.4, 0.5) is 0 Å². The zero-order valence-corrected chi connectivity index (χ0v) is 11.0. The third kappa shape index (κ3) is 4.80. The monoisotopic (exact) mass is 248 g/mol. The summed E-state index contributed by atoms with van der Waals surface area (Å²) in [6.45, 7) is 3.33. The molecule has 0 aliphatic heterocycles. The molecule has 1 rings (SSSR count). The number of hydrogen-bond acceptors (Lipinski definition) is 3. The van der Waals surface area contributed by atoms with Gasteiger partial charge in [0.2, 0.25) is 10.0 Å². The average Bonchev–Trinajstić information content (AvgIpc) is 2.64. The van der Waals surface area contributed by atoms with Crippen LogP contribution < -0.4 is 10.5 Å². The van der Waals surface area contributed by atoms with Crippen LogP contribution in [0.2, 0.25) is 0 Å². The van der Waals surface area contributed by atoms with E-state index < -0.39 is 10.0 Å². The van der Waals surface area contributed by atoms with Gasteiger partial charge in [0.15, 0.2) is 0 Å². The molecule has 16 heavy (non-hydrogen) atoms. The molecule has 0 saturated heterocycles. The predicted octanol–water partition coefficient (Wildman–Crippen LogP) is 1.22. The summed E-state index contributed by atoms with van der Waals surface area (Å²) in [5, 5.41) is 0. The molecule has 5 heteroatoms. The molecule has 0 atom stereocenters. The van der Waals surface area contributed by atoms with E-state index in [0.717, 1.165) is 19.3 Å². The summed E-state index contributed by atoms with van der Waals surface area (Å²) in [6.07, 6.45) is 6.16. The molecule has 0 aromatic heterocycles.